The van der Waals surface area contributed by atoms with Gasteiger partial charge < -0.3 is 4.74 Å². The largest absolute Gasteiger partial charge is 0.393 e. The minimum atomic E-state index is -1.10. The first-order valence-electron chi connectivity index (χ1n) is 4.68. The van der Waals surface area contributed by atoms with Crippen LogP contribution in [0.25, 0.3) is 0 Å². The molecule has 1 saturated heterocycles. The van der Waals surface area contributed by atoms with E-state index in [0.717, 1.165) is 6.07 Å². The summed E-state index contributed by atoms with van der Waals surface area (Å²) in [7, 11) is 0. The molecule has 0 aromatic heterocycles. The van der Waals surface area contributed by atoms with Gasteiger partial charge in [0.15, 0.2) is 0 Å². The standard InChI is InChI=1S/C10H6FNO5/c11-9-5(2-1-3-7(9)12(15)16)6-4-8(13)17-10(6)14/h1-3,6H,4H2. The second kappa shape index (κ2) is 3.93. The highest BCUT2D eigenvalue weighted by atomic mass is 19.1. The highest BCUT2D eigenvalue weighted by Crippen LogP contribution is 2.32. The van der Waals surface area contributed by atoms with Crippen molar-refractivity contribution in [3.63, 3.8) is 0 Å². The highest BCUT2D eigenvalue weighted by molar-refractivity contribution is 5.97. The van der Waals surface area contributed by atoms with Crippen LogP contribution in [0.2, 0.25) is 0 Å². The van der Waals surface area contributed by atoms with Crippen molar-refractivity contribution in [3.05, 3.63) is 39.7 Å². The third kappa shape index (κ3) is 1.86. The third-order valence-electron chi connectivity index (χ3n) is 2.45. The smallest absolute Gasteiger partial charge is 0.321 e. The van der Waals surface area contributed by atoms with Gasteiger partial charge in [-0.15, -0.1) is 0 Å². The number of carbonyl (C=O) groups is 2. The second-order valence-electron chi connectivity index (χ2n) is 3.49. The Balaban J connectivity index is 2.46. The number of esters is 2. The van der Waals surface area contributed by atoms with E-state index in [4.69, 9.17) is 0 Å². The van der Waals surface area contributed by atoms with Gasteiger partial charge in [0.1, 0.15) is 0 Å². The molecule has 6 nitrogen and oxygen atoms in total. The van der Waals surface area contributed by atoms with E-state index in [1.807, 2.05) is 0 Å². The topological polar surface area (TPSA) is 86.5 Å². The minimum absolute atomic E-state index is 0.185. The number of carbonyl (C=O) groups excluding carboxylic acids is 2. The van der Waals surface area contributed by atoms with Gasteiger partial charge in [-0.3, -0.25) is 19.7 Å². The van der Waals surface area contributed by atoms with Crippen LogP contribution in [0.5, 0.6) is 0 Å². The normalized spacial score (nSPS) is 19.2. The Morgan fingerprint density at radius 3 is 2.65 bits per heavy atom. The summed E-state index contributed by atoms with van der Waals surface area (Å²) in [5.41, 5.74) is -0.912. The quantitative estimate of drug-likeness (QED) is 0.336. The zero-order valence-electron chi connectivity index (χ0n) is 8.38. The van der Waals surface area contributed by atoms with Crippen molar-refractivity contribution in [2.75, 3.05) is 0 Å². The number of hydrogen-bond donors (Lipinski definition) is 0. The van der Waals surface area contributed by atoms with E-state index < -0.39 is 34.3 Å². The molecule has 7 heteroatoms. The van der Waals surface area contributed by atoms with Crippen LogP contribution < -0.4 is 0 Å². The molecule has 1 heterocycles. The fraction of sp³-hybridized carbons (Fsp3) is 0.200. The molecule has 1 aromatic rings. The maximum absolute atomic E-state index is 13.7. The van der Waals surface area contributed by atoms with Gasteiger partial charge in [0, 0.05) is 11.6 Å². The van der Waals surface area contributed by atoms with Crippen LogP contribution in [-0.2, 0) is 14.3 Å². The summed E-state index contributed by atoms with van der Waals surface area (Å²) < 4.78 is 18.0. The van der Waals surface area contributed by atoms with Crippen molar-refractivity contribution in [3.8, 4) is 0 Å². The van der Waals surface area contributed by atoms with Crippen LogP contribution in [0.15, 0.2) is 18.2 Å². The van der Waals surface area contributed by atoms with Gasteiger partial charge in [0.05, 0.1) is 17.3 Å². The third-order valence-corrected chi connectivity index (χ3v) is 2.45. The van der Waals surface area contributed by atoms with Crippen LogP contribution in [0, 0.1) is 15.9 Å². The number of nitrogens with zero attached hydrogens (tertiary/aromatic N) is 1. The van der Waals surface area contributed by atoms with E-state index in [2.05, 4.69) is 4.74 Å². The van der Waals surface area contributed by atoms with E-state index in [1.165, 1.54) is 12.1 Å². The fourth-order valence-corrected chi connectivity index (χ4v) is 1.66. The number of hydrogen-bond acceptors (Lipinski definition) is 5. The van der Waals surface area contributed by atoms with Gasteiger partial charge in [-0.25, -0.2) is 0 Å². The predicted octanol–water partition coefficient (Wildman–Crippen LogP) is 1.29. The number of rotatable bonds is 2. The molecule has 0 saturated carbocycles. The van der Waals surface area contributed by atoms with E-state index in [-0.39, 0.29) is 12.0 Å². The van der Waals surface area contributed by atoms with Gasteiger partial charge in [-0.2, -0.15) is 4.39 Å². The molecule has 88 valence electrons. The van der Waals surface area contributed by atoms with Crippen molar-refractivity contribution >= 4 is 17.6 Å². The molecule has 0 radical (unpaired) electrons. The SMILES string of the molecule is O=C1CC(c2cccc([N+](=O)[O-])c2F)C(=O)O1. The number of nitro benzene ring substituents is 1. The summed E-state index contributed by atoms with van der Waals surface area (Å²) in [5.74, 6) is -3.84. The molecule has 1 atom stereocenters. The summed E-state index contributed by atoms with van der Waals surface area (Å²) in [6.45, 7) is 0. The maximum atomic E-state index is 13.7. The lowest BCUT2D eigenvalue weighted by Gasteiger charge is -2.06. The van der Waals surface area contributed by atoms with Gasteiger partial charge in [0.2, 0.25) is 5.82 Å². The molecule has 0 amide bonds. The number of cyclic esters (lactones) is 2. The average molecular weight is 239 g/mol. The summed E-state index contributed by atoms with van der Waals surface area (Å²) in [5, 5.41) is 10.5. The molecule has 1 fully saturated rings. The van der Waals surface area contributed by atoms with Crippen LogP contribution in [0.4, 0.5) is 10.1 Å². The summed E-state index contributed by atoms with van der Waals surface area (Å²) >= 11 is 0. The molecule has 1 aromatic carbocycles. The molecular weight excluding hydrogens is 233 g/mol. The van der Waals surface area contributed by atoms with Crippen molar-refractivity contribution in [1.82, 2.24) is 0 Å². The Kier molecular flexibility index (Phi) is 2.58. The van der Waals surface area contributed by atoms with E-state index in [9.17, 15) is 24.1 Å². The average Bonchev–Trinajstić information content (AvgIpc) is 2.57. The Bertz CT molecular complexity index is 527. The van der Waals surface area contributed by atoms with Crippen molar-refractivity contribution in [2.24, 2.45) is 0 Å². The van der Waals surface area contributed by atoms with Gasteiger partial charge >= 0.3 is 17.6 Å². The van der Waals surface area contributed by atoms with Crippen molar-refractivity contribution < 1.29 is 23.6 Å². The van der Waals surface area contributed by atoms with E-state index >= 15 is 0 Å². The zero-order chi connectivity index (χ0) is 12.6. The number of ether oxygens (including phenoxy) is 1. The molecule has 0 bridgehead atoms. The van der Waals surface area contributed by atoms with Crippen LogP contribution in [0.1, 0.15) is 17.9 Å². The van der Waals surface area contributed by atoms with Gasteiger partial charge in [-0.1, -0.05) is 12.1 Å². The van der Waals surface area contributed by atoms with Gasteiger partial charge in [0.25, 0.3) is 0 Å². The molecular formula is C10H6FNO5. The molecule has 1 aliphatic rings. The molecule has 1 aliphatic heterocycles. The predicted molar refractivity (Wildman–Crippen MR) is 51.5 cm³/mol. The zero-order valence-corrected chi connectivity index (χ0v) is 8.38. The van der Waals surface area contributed by atoms with Crippen LogP contribution >= 0.6 is 0 Å². The first-order chi connectivity index (χ1) is 8.00. The molecule has 2 rings (SSSR count). The maximum Gasteiger partial charge on any atom is 0.321 e. The number of nitro groups is 1. The van der Waals surface area contributed by atoms with E-state index in [1.54, 1.807) is 0 Å². The Hall–Kier alpha value is -2.31. The summed E-state index contributed by atoms with van der Waals surface area (Å²) in [4.78, 5) is 31.7. The Labute approximate surface area is 94.1 Å². The lowest BCUT2D eigenvalue weighted by molar-refractivity contribution is -0.387. The molecule has 0 aliphatic carbocycles. The molecule has 0 spiro atoms. The van der Waals surface area contributed by atoms with Crippen LogP contribution in [0.3, 0.4) is 0 Å². The van der Waals surface area contributed by atoms with E-state index in [0.29, 0.717) is 0 Å². The molecule has 17 heavy (non-hydrogen) atoms. The first-order valence-corrected chi connectivity index (χ1v) is 4.68. The molecule has 1 unspecified atom stereocenters. The Morgan fingerprint density at radius 2 is 2.12 bits per heavy atom. The number of benzene rings is 1. The van der Waals surface area contributed by atoms with Gasteiger partial charge in [-0.05, 0) is 0 Å². The van der Waals surface area contributed by atoms with Crippen molar-refractivity contribution in [1.29, 1.82) is 0 Å². The lowest BCUT2D eigenvalue weighted by Crippen LogP contribution is -2.09. The fourth-order valence-electron chi connectivity index (χ4n) is 1.66. The monoisotopic (exact) mass is 239 g/mol. The second-order valence-corrected chi connectivity index (χ2v) is 3.49. The lowest BCUT2D eigenvalue weighted by atomic mass is 9.96. The number of halogens is 1. The first kappa shape index (κ1) is 11.2. The summed E-state index contributed by atoms with van der Waals surface area (Å²) in [6, 6.07) is 3.47. The Morgan fingerprint density at radius 1 is 1.41 bits per heavy atom. The molecule has 0 N–H and O–H groups in total. The van der Waals surface area contributed by atoms with Crippen LogP contribution in [-0.4, -0.2) is 16.9 Å². The van der Waals surface area contributed by atoms with Crippen molar-refractivity contribution in [2.45, 2.75) is 12.3 Å². The highest BCUT2D eigenvalue weighted by Gasteiger charge is 2.37. The summed E-state index contributed by atoms with van der Waals surface area (Å²) in [6.07, 6.45) is -0.295. The minimum Gasteiger partial charge on any atom is -0.393 e.